The summed E-state index contributed by atoms with van der Waals surface area (Å²) >= 11 is 3.04. The molecule has 4 unspecified atom stereocenters. The van der Waals surface area contributed by atoms with Crippen molar-refractivity contribution in [3.8, 4) is 0 Å². The number of aliphatic hydroxyl groups excluding tert-OH is 1. The van der Waals surface area contributed by atoms with Gasteiger partial charge in [0.1, 0.15) is 17.7 Å². The number of carbonyl (C=O) groups is 4. The van der Waals surface area contributed by atoms with Crippen LogP contribution in [0.2, 0.25) is 0 Å². The number of aliphatic carboxylic acids is 2. The van der Waals surface area contributed by atoms with Crippen LogP contribution < -0.4 is 10.6 Å². The maximum Gasteiger partial charge on any atom is 0.327 e. The molecule has 12 heteroatoms. The number of amides is 1. The zero-order chi connectivity index (χ0) is 26.8. The van der Waals surface area contributed by atoms with Crippen molar-refractivity contribution in [3.63, 3.8) is 0 Å². The molecule has 10 nitrogen and oxygen atoms in total. The summed E-state index contributed by atoms with van der Waals surface area (Å²) in [5, 5.41) is 33.9. The molecule has 202 valence electrons. The van der Waals surface area contributed by atoms with E-state index in [9.17, 15) is 29.4 Å². The van der Waals surface area contributed by atoms with Gasteiger partial charge in [0.25, 0.3) is 0 Å². The summed E-state index contributed by atoms with van der Waals surface area (Å²) in [5.74, 6) is -2.59. The van der Waals surface area contributed by atoms with Gasteiger partial charge in [0.05, 0.1) is 6.42 Å². The van der Waals surface area contributed by atoms with E-state index in [1.54, 1.807) is 25.6 Å². The number of ether oxygens (including phenoxy) is 1. The monoisotopic (exact) mass is 536 g/mol. The second-order valence-electron chi connectivity index (χ2n) is 10.3. The van der Waals surface area contributed by atoms with Gasteiger partial charge in [0.15, 0.2) is 0 Å². The molecule has 0 saturated heterocycles. The Hall–Kier alpha value is -1.50. The summed E-state index contributed by atoms with van der Waals surface area (Å²) in [6, 6.07) is -1.76. The summed E-state index contributed by atoms with van der Waals surface area (Å²) < 4.78 is 5.23. The minimum Gasteiger partial charge on any atom is -0.480 e. The van der Waals surface area contributed by atoms with E-state index in [1.807, 2.05) is 20.8 Å². The van der Waals surface area contributed by atoms with Gasteiger partial charge in [0, 0.05) is 47.0 Å². The Morgan fingerprint density at radius 2 is 1.43 bits per heavy atom. The highest BCUT2D eigenvalue weighted by Crippen LogP contribution is 2.40. The van der Waals surface area contributed by atoms with Crippen LogP contribution in [0.25, 0.3) is 0 Å². The molecule has 35 heavy (non-hydrogen) atoms. The van der Waals surface area contributed by atoms with E-state index >= 15 is 0 Å². The van der Waals surface area contributed by atoms with Crippen LogP contribution in [0.3, 0.4) is 0 Å². The molecule has 4 atom stereocenters. The number of thioether (sulfide) groups is 2. The molecule has 0 aromatic rings. The SMILES string of the molecule is CC(C)(C)NC(CSC1CCC1SCC(NC(=O)CCC(=O)OC(C)(C)CCO)C(=O)O)C(=O)O. The fraction of sp³-hybridized carbons (Fsp3) is 0.826. The molecule has 1 aliphatic rings. The number of nitrogens with one attached hydrogen (secondary N) is 2. The molecule has 1 fully saturated rings. The second kappa shape index (κ2) is 14.3. The number of carboxylic acids is 2. The van der Waals surface area contributed by atoms with Crippen molar-refractivity contribution in [1.82, 2.24) is 10.6 Å². The third-order valence-corrected chi connectivity index (χ3v) is 8.51. The van der Waals surface area contributed by atoms with Gasteiger partial charge < -0.3 is 25.4 Å². The average Bonchev–Trinajstić information content (AvgIpc) is 2.68. The number of aliphatic hydroxyl groups is 1. The van der Waals surface area contributed by atoms with Crippen LogP contribution in [0.5, 0.6) is 0 Å². The molecule has 1 saturated carbocycles. The Bertz CT molecular complexity index is 742. The van der Waals surface area contributed by atoms with Crippen molar-refractivity contribution in [3.05, 3.63) is 0 Å². The van der Waals surface area contributed by atoms with Gasteiger partial charge in [-0.15, -0.1) is 0 Å². The van der Waals surface area contributed by atoms with E-state index in [-0.39, 0.29) is 47.7 Å². The van der Waals surface area contributed by atoms with Crippen LogP contribution in [0, 0.1) is 0 Å². The number of rotatable bonds is 16. The zero-order valence-corrected chi connectivity index (χ0v) is 22.8. The summed E-state index contributed by atoms with van der Waals surface area (Å²) in [6.07, 6.45) is 1.73. The first-order valence-corrected chi connectivity index (χ1v) is 13.8. The van der Waals surface area contributed by atoms with Gasteiger partial charge in [-0.25, -0.2) is 4.79 Å². The number of hydrogen-bond donors (Lipinski definition) is 5. The lowest BCUT2D eigenvalue weighted by atomic mass is 9.99. The molecule has 0 aromatic heterocycles. The molecular formula is C23H40N2O8S2. The van der Waals surface area contributed by atoms with Crippen LogP contribution in [-0.4, -0.2) is 91.0 Å². The van der Waals surface area contributed by atoms with E-state index in [1.165, 1.54) is 11.8 Å². The van der Waals surface area contributed by atoms with E-state index in [0.29, 0.717) is 5.75 Å². The first-order valence-electron chi connectivity index (χ1n) is 11.7. The Labute approximate surface area is 215 Å². The van der Waals surface area contributed by atoms with E-state index < -0.39 is 41.5 Å². The number of carbonyl (C=O) groups excluding carboxylic acids is 2. The highest BCUT2D eigenvalue weighted by Gasteiger charge is 2.35. The van der Waals surface area contributed by atoms with Crippen LogP contribution in [-0.2, 0) is 23.9 Å². The molecule has 0 spiro atoms. The van der Waals surface area contributed by atoms with Gasteiger partial charge in [0.2, 0.25) is 5.91 Å². The highest BCUT2D eigenvalue weighted by molar-refractivity contribution is 8.04. The van der Waals surface area contributed by atoms with Crippen molar-refractivity contribution in [2.45, 2.75) is 100 Å². The molecule has 0 bridgehead atoms. The summed E-state index contributed by atoms with van der Waals surface area (Å²) in [6.45, 7) is 8.93. The smallest absolute Gasteiger partial charge is 0.327 e. The maximum absolute atomic E-state index is 12.2. The Morgan fingerprint density at radius 3 is 1.86 bits per heavy atom. The van der Waals surface area contributed by atoms with Crippen LogP contribution in [0.15, 0.2) is 0 Å². The van der Waals surface area contributed by atoms with Gasteiger partial charge in [-0.2, -0.15) is 23.5 Å². The van der Waals surface area contributed by atoms with Crippen molar-refractivity contribution >= 4 is 47.3 Å². The summed E-state index contributed by atoms with van der Waals surface area (Å²) in [7, 11) is 0. The predicted octanol–water partition coefficient (Wildman–Crippen LogP) is 1.88. The molecule has 0 aliphatic heterocycles. The molecule has 0 heterocycles. The lowest BCUT2D eigenvalue weighted by Crippen LogP contribution is -2.49. The lowest BCUT2D eigenvalue weighted by Gasteiger charge is -2.37. The van der Waals surface area contributed by atoms with Crippen LogP contribution in [0.4, 0.5) is 0 Å². The topological polar surface area (TPSA) is 162 Å². The molecule has 1 amide bonds. The molecule has 0 radical (unpaired) electrons. The highest BCUT2D eigenvalue weighted by atomic mass is 32.2. The quantitative estimate of drug-likeness (QED) is 0.183. The van der Waals surface area contributed by atoms with E-state index in [0.717, 1.165) is 12.8 Å². The van der Waals surface area contributed by atoms with Gasteiger partial charge >= 0.3 is 17.9 Å². The Balaban J connectivity index is 2.46. The third kappa shape index (κ3) is 12.9. The second-order valence-corrected chi connectivity index (χ2v) is 12.8. The fourth-order valence-electron chi connectivity index (χ4n) is 3.29. The minimum atomic E-state index is -1.15. The van der Waals surface area contributed by atoms with Crippen LogP contribution >= 0.6 is 23.5 Å². The van der Waals surface area contributed by atoms with Crippen LogP contribution in [0.1, 0.15) is 66.7 Å². The molecule has 1 rings (SSSR count). The molecule has 0 aromatic carbocycles. The Morgan fingerprint density at radius 1 is 0.914 bits per heavy atom. The van der Waals surface area contributed by atoms with Crippen molar-refractivity contribution in [2.24, 2.45) is 0 Å². The molecule has 5 N–H and O–H groups in total. The Kier molecular flexibility index (Phi) is 12.9. The third-order valence-electron chi connectivity index (χ3n) is 5.30. The normalized spacial score (nSPS) is 19.8. The van der Waals surface area contributed by atoms with Gasteiger partial charge in [-0.05, 0) is 47.5 Å². The van der Waals surface area contributed by atoms with Crippen molar-refractivity contribution in [2.75, 3.05) is 18.1 Å². The predicted molar refractivity (Wildman–Crippen MR) is 137 cm³/mol. The number of esters is 1. The first kappa shape index (κ1) is 31.5. The lowest BCUT2D eigenvalue weighted by molar-refractivity contribution is -0.158. The molecular weight excluding hydrogens is 496 g/mol. The van der Waals surface area contributed by atoms with Crippen molar-refractivity contribution < 1.29 is 39.2 Å². The van der Waals surface area contributed by atoms with E-state index in [2.05, 4.69) is 10.6 Å². The maximum atomic E-state index is 12.2. The van der Waals surface area contributed by atoms with Gasteiger partial charge in [-0.3, -0.25) is 19.7 Å². The zero-order valence-electron chi connectivity index (χ0n) is 21.2. The molecule has 1 aliphatic carbocycles. The average molecular weight is 537 g/mol. The largest absolute Gasteiger partial charge is 0.480 e. The van der Waals surface area contributed by atoms with Crippen molar-refractivity contribution in [1.29, 1.82) is 0 Å². The fourth-order valence-corrected chi connectivity index (χ4v) is 6.40. The van der Waals surface area contributed by atoms with E-state index in [4.69, 9.17) is 9.84 Å². The summed E-state index contributed by atoms with van der Waals surface area (Å²) in [4.78, 5) is 47.3. The number of carboxylic acid groups (broad SMARTS) is 2. The van der Waals surface area contributed by atoms with Gasteiger partial charge in [-0.1, -0.05) is 0 Å². The standard InChI is InChI=1S/C23H40N2O8S2/c1-22(2,3)25-15(21(31)32)13-35-17-7-6-16(17)34-12-14(20(29)30)24-18(27)8-9-19(28)33-23(4,5)10-11-26/h14-17,25-26H,6-13H2,1-5H3,(H,24,27)(H,29,30)(H,31,32). The first-order chi connectivity index (χ1) is 16.1. The number of hydrogen-bond acceptors (Lipinski definition) is 9. The summed E-state index contributed by atoms with van der Waals surface area (Å²) in [5.41, 5.74) is -1.16. The minimum absolute atomic E-state index is 0.132.